The number of hydrogen-bond acceptors (Lipinski definition) is 3. The average molecular weight is 259 g/mol. The fourth-order valence-corrected chi connectivity index (χ4v) is 2.86. The SMILES string of the molecule is O=C1C2CCCN2C(=O)CN1CCc1cccnc1. The molecule has 3 heterocycles. The highest BCUT2D eigenvalue weighted by Crippen LogP contribution is 2.23. The van der Waals surface area contributed by atoms with Gasteiger partial charge in [0.15, 0.2) is 0 Å². The summed E-state index contributed by atoms with van der Waals surface area (Å²) in [7, 11) is 0. The Hall–Kier alpha value is -1.91. The van der Waals surface area contributed by atoms with Gasteiger partial charge in [-0.05, 0) is 30.9 Å². The van der Waals surface area contributed by atoms with Crippen molar-refractivity contribution in [2.45, 2.75) is 25.3 Å². The molecule has 0 radical (unpaired) electrons. The molecule has 1 aromatic heterocycles. The van der Waals surface area contributed by atoms with Crippen LogP contribution in [0, 0.1) is 0 Å². The molecule has 1 aromatic rings. The first-order valence-electron chi connectivity index (χ1n) is 6.73. The first-order chi connectivity index (χ1) is 9.25. The van der Waals surface area contributed by atoms with Gasteiger partial charge >= 0.3 is 0 Å². The maximum atomic E-state index is 12.3. The summed E-state index contributed by atoms with van der Waals surface area (Å²) in [6.45, 7) is 1.57. The highest BCUT2D eigenvalue weighted by molar-refractivity contribution is 5.95. The zero-order valence-corrected chi connectivity index (χ0v) is 10.8. The lowest BCUT2D eigenvalue weighted by Crippen LogP contribution is -2.57. The van der Waals surface area contributed by atoms with Gasteiger partial charge < -0.3 is 9.80 Å². The van der Waals surface area contributed by atoms with E-state index in [0.29, 0.717) is 6.54 Å². The lowest BCUT2D eigenvalue weighted by molar-refractivity contribution is -0.153. The summed E-state index contributed by atoms with van der Waals surface area (Å²) in [6, 6.07) is 3.68. The van der Waals surface area contributed by atoms with Crippen molar-refractivity contribution in [3.05, 3.63) is 30.1 Å². The van der Waals surface area contributed by atoms with Gasteiger partial charge in [-0.2, -0.15) is 0 Å². The van der Waals surface area contributed by atoms with Crippen LogP contribution in [0.1, 0.15) is 18.4 Å². The third-order valence-electron chi connectivity index (χ3n) is 3.89. The van der Waals surface area contributed by atoms with Crippen molar-refractivity contribution in [1.29, 1.82) is 0 Å². The summed E-state index contributed by atoms with van der Waals surface area (Å²) in [5, 5.41) is 0. The minimum atomic E-state index is -0.199. The third-order valence-corrected chi connectivity index (χ3v) is 3.89. The summed E-state index contributed by atoms with van der Waals surface area (Å²) in [5.41, 5.74) is 1.09. The summed E-state index contributed by atoms with van der Waals surface area (Å²) in [5.74, 6) is 0.203. The predicted molar refractivity (Wildman–Crippen MR) is 69.3 cm³/mol. The van der Waals surface area contributed by atoms with Gasteiger partial charge in [-0.25, -0.2) is 0 Å². The molecule has 2 amide bonds. The van der Waals surface area contributed by atoms with Crippen LogP contribution in [-0.4, -0.2) is 52.3 Å². The number of fused-ring (bicyclic) bond motifs is 1. The second-order valence-electron chi connectivity index (χ2n) is 5.12. The highest BCUT2D eigenvalue weighted by atomic mass is 16.2. The zero-order valence-electron chi connectivity index (χ0n) is 10.8. The summed E-state index contributed by atoms with van der Waals surface area (Å²) >= 11 is 0. The van der Waals surface area contributed by atoms with Crippen LogP contribution < -0.4 is 0 Å². The molecule has 0 N–H and O–H groups in total. The number of aromatic nitrogens is 1. The molecule has 0 aromatic carbocycles. The zero-order chi connectivity index (χ0) is 13.2. The van der Waals surface area contributed by atoms with Crippen LogP contribution in [0.3, 0.4) is 0 Å². The standard InChI is InChI=1S/C14H17N3O2/c18-13-10-16(8-5-11-3-1-6-15-9-11)14(19)12-4-2-7-17(12)13/h1,3,6,9,12H,2,4-5,7-8,10H2. The number of rotatable bonds is 3. The van der Waals surface area contributed by atoms with Gasteiger partial charge in [-0.3, -0.25) is 14.6 Å². The van der Waals surface area contributed by atoms with Crippen LogP contribution in [0.4, 0.5) is 0 Å². The molecule has 3 rings (SSSR count). The molecular weight excluding hydrogens is 242 g/mol. The Morgan fingerprint density at radius 1 is 1.37 bits per heavy atom. The quantitative estimate of drug-likeness (QED) is 0.792. The van der Waals surface area contributed by atoms with E-state index in [1.165, 1.54) is 0 Å². The summed E-state index contributed by atoms with van der Waals surface area (Å²) in [6.07, 6.45) is 6.04. The Morgan fingerprint density at radius 2 is 2.26 bits per heavy atom. The molecule has 5 heteroatoms. The number of carbonyl (C=O) groups is 2. The van der Waals surface area contributed by atoms with Gasteiger partial charge in [0.1, 0.15) is 6.04 Å². The van der Waals surface area contributed by atoms with Gasteiger partial charge in [-0.15, -0.1) is 0 Å². The molecule has 0 aliphatic carbocycles. The molecule has 2 fully saturated rings. The van der Waals surface area contributed by atoms with Gasteiger partial charge in [0.05, 0.1) is 6.54 Å². The van der Waals surface area contributed by atoms with Gasteiger partial charge in [0.2, 0.25) is 11.8 Å². The van der Waals surface area contributed by atoms with E-state index in [9.17, 15) is 9.59 Å². The number of amides is 2. The third kappa shape index (κ3) is 2.32. The lowest BCUT2D eigenvalue weighted by atomic mass is 10.1. The minimum absolute atomic E-state index is 0.0910. The second-order valence-corrected chi connectivity index (χ2v) is 5.12. The van der Waals surface area contributed by atoms with E-state index >= 15 is 0 Å². The molecule has 100 valence electrons. The average Bonchev–Trinajstić information content (AvgIpc) is 2.92. The van der Waals surface area contributed by atoms with Gasteiger partial charge in [-0.1, -0.05) is 6.07 Å². The number of carbonyl (C=O) groups excluding carboxylic acids is 2. The van der Waals surface area contributed by atoms with Crippen molar-refractivity contribution in [2.24, 2.45) is 0 Å². The molecule has 2 aliphatic heterocycles. The second kappa shape index (κ2) is 4.99. The predicted octanol–water partition coefficient (Wildman–Crippen LogP) is 0.457. The monoisotopic (exact) mass is 259 g/mol. The molecule has 5 nitrogen and oxygen atoms in total. The summed E-state index contributed by atoms with van der Waals surface area (Å²) < 4.78 is 0. The molecule has 1 unspecified atom stereocenters. The van der Waals surface area contributed by atoms with Crippen LogP contribution in [0.25, 0.3) is 0 Å². The van der Waals surface area contributed by atoms with Crippen LogP contribution in [0.5, 0.6) is 0 Å². The van der Waals surface area contributed by atoms with Crippen LogP contribution in [0.2, 0.25) is 0 Å². The lowest BCUT2D eigenvalue weighted by Gasteiger charge is -2.36. The Labute approximate surface area is 112 Å². The van der Waals surface area contributed by atoms with Crippen molar-refractivity contribution in [3.63, 3.8) is 0 Å². The fourth-order valence-electron chi connectivity index (χ4n) is 2.86. The normalized spacial score (nSPS) is 22.8. The number of hydrogen-bond donors (Lipinski definition) is 0. The Bertz CT molecular complexity index is 489. The van der Waals surface area contributed by atoms with Gasteiger partial charge in [0.25, 0.3) is 0 Å². The first-order valence-corrected chi connectivity index (χ1v) is 6.73. The summed E-state index contributed by atoms with van der Waals surface area (Å²) in [4.78, 5) is 31.7. The Morgan fingerprint density at radius 3 is 3.05 bits per heavy atom. The molecule has 2 saturated heterocycles. The molecule has 0 spiro atoms. The molecule has 2 aliphatic rings. The largest absolute Gasteiger partial charge is 0.331 e. The minimum Gasteiger partial charge on any atom is -0.331 e. The van der Waals surface area contributed by atoms with Crippen molar-refractivity contribution in [3.8, 4) is 0 Å². The van der Waals surface area contributed by atoms with E-state index in [1.807, 2.05) is 12.1 Å². The molecule has 0 bridgehead atoms. The maximum absolute atomic E-state index is 12.3. The highest BCUT2D eigenvalue weighted by Gasteiger charge is 2.41. The van der Waals surface area contributed by atoms with Gasteiger partial charge in [0, 0.05) is 25.5 Å². The van der Waals surface area contributed by atoms with Crippen LogP contribution in [0.15, 0.2) is 24.5 Å². The van der Waals surface area contributed by atoms with E-state index in [1.54, 1.807) is 22.2 Å². The molecule has 19 heavy (non-hydrogen) atoms. The topological polar surface area (TPSA) is 53.5 Å². The number of nitrogens with zero attached hydrogens (tertiary/aromatic N) is 3. The van der Waals surface area contributed by atoms with Crippen molar-refractivity contribution in [2.75, 3.05) is 19.6 Å². The smallest absolute Gasteiger partial charge is 0.245 e. The molecule has 0 saturated carbocycles. The Kier molecular flexibility index (Phi) is 3.19. The van der Waals surface area contributed by atoms with E-state index in [4.69, 9.17) is 0 Å². The molecule has 1 atom stereocenters. The van der Waals surface area contributed by atoms with Crippen molar-refractivity contribution >= 4 is 11.8 Å². The fraction of sp³-hybridized carbons (Fsp3) is 0.500. The Balaban J connectivity index is 1.65. The van der Waals surface area contributed by atoms with E-state index in [2.05, 4.69) is 4.98 Å². The van der Waals surface area contributed by atoms with E-state index in [0.717, 1.165) is 31.4 Å². The number of piperazine rings is 1. The van der Waals surface area contributed by atoms with Crippen LogP contribution in [-0.2, 0) is 16.0 Å². The maximum Gasteiger partial charge on any atom is 0.245 e. The number of pyridine rings is 1. The van der Waals surface area contributed by atoms with Crippen LogP contribution >= 0.6 is 0 Å². The van der Waals surface area contributed by atoms with E-state index in [-0.39, 0.29) is 24.4 Å². The van der Waals surface area contributed by atoms with Crippen molar-refractivity contribution < 1.29 is 9.59 Å². The molecular formula is C14H17N3O2. The van der Waals surface area contributed by atoms with Crippen molar-refractivity contribution in [1.82, 2.24) is 14.8 Å². The first kappa shape index (κ1) is 12.1. The van der Waals surface area contributed by atoms with E-state index < -0.39 is 0 Å².